The molecule has 2 heterocycles. The largest absolute Gasteiger partial charge is 0.296 e. The van der Waals surface area contributed by atoms with Crippen LogP contribution in [0, 0.1) is 19.3 Å². The van der Waals surface area contributed by atoms with Crippen LogP contribution in [0.3, 0.4) is 0 Å². The molecule has 5 aromatic rings. The third-order valence-electron chi connectivity index (χ3n) is 8.97. The van der Waals surface area contributed by atoms with Gasteiger partial charge in [-0.1, -0.05) is 97.0 Å². The van der Waals surface area contributed by atoms with E-state index in [1.807, 2.05) is 0 Å². The Morgan fingerprint density at radius 2 is 1.55 bits per heavy atom. The van der Waals surface area contributed by atoms with Gasteiger partial charge in [0.2, 0.25) is 0 Å². The Hall–Kier alpha value is -3.39. The Labute approximate surface area is 241 Å². The predicted octanol–water partition coefficient (Wildman–Crippen LogP) is 10.1. The first-order chi connectivity index (χ1) is 19.1. The number of pyridine rings is 1. The average Bonchev–Trinajstić information content (AvgIpc) is 3.30. The zero-order valence-electron chi connectivity index (χ0n) is 26.0. The van der Waals surface area contributed by atoms with Gasteiger partial charge in [-0.3, -0.25) is 0 Å². The minimum atomic E-state index is -0.174. The van der Waals surface area contributed by atoms with Crippen molar-refractivity contribution in [2.24, 2.45) is 5.41 Å². The summed E-state index contributed by atoms with van der Waals surface area (Å²) in [4.78, 5) is 0. The van der Waals surface area contributed by atoms with Crippen molar-refractivity contribution in [3.63, 3.8) is 0 Å². The molecular weight excluding hydrogens is 484 g/mol. The lowest BCUT2D eigenvalue weighted by Gasteiger charge is -2.25. The van der Waals surface area contributed by atoms with Crippen molar-refractivity contribution in [2.45, 2.75) is 93.0 Å². The lowest BCUT2D eigenvalue weighted by molar-refractivity contribution is -0.729. The van der Waals surface area contributed by atoms with E-state index in [2.05, 4.69) is 138 Å². The molecular formula is C38H47N2+. The van der Waals surface area contributed by atoms with Crippen LogP contribution < -0.4 is 4.57 Å². The quantitative estimate of drug-likeness (QED) is 0.107. The van der Waals surface area contributed by atoms with Crippen molar-refractivity contribution >= 4 is 27.3 Å². The highest BCUT2D eigenvalue weighted by molar-refractivity contribution is 6.13. The number of nitrogens with zero attached hydrogens (tertiary/aromatic N) is 2. The maximum absolute atomic E-state index is 4.39. The summed E-state index contributed by atoms with van der Waals surface area (Å²) >= 11 is 0. The van der Waals surface area contributed by atoms with E-state index in [1.165, 1.54) is 60.8 Å². The van der Waals surface area contributed by atoms with Gasteiger partial charge in [0.05, 0.1) is 5.39 Å². The summed E-state index contributed by atoms with van der Waals surface area (Å²) in [5.41, 5.74) is 10.7. The topological polar surface area (TPSA) is 8.29 Å². The molecule has 0 N–H and O–H groups in total. The second-order valence-electron chi connectivity index (χ2n) is 13.0. The molecule has 0 fully saturated rings. The van der Waals surface area contributed by atoms with E-state index in [4.69, 9.17) is 0 Å². The lowest BCUT2D eigenvalue weighted by Crippen LogP contribution is -2.53. The highest BCUT2D eigenvalue weighted by atomic mass is 15.2. The van der Waals surface area contributed by atoms with Gasteiger partial charge in [-0.05, 0) is 85.4 Å². The predicted molar refractivity (Wildman–Crippen MR) is 173 cm³/mol. The Morgan fingerprint density at radius 1 is 0.875 bits per heavy atom. The highest BCUT2D eigenvalue weighted by Crippen LogP contribution is 2.39. The van der Waals surface area contributed by atoms with Gasteiger partial charge in [0, 0.05) is 16.3 Å². The van der Waals surface area contributed by atoms with Crippen molar-refractivity contribution in [2.75, 3.05) is 0 Å². The molecule has 0 atom stereocenters. The van der Waals surface area contributed by atoms with Crippen LogP contribution in [0.25, 0.3) is 38.6 Å². The number of aryl methyl sites for hydroxylation is 3. The molecule has 0 amide bonds. The summed E-state index contributed by atoms with van der Waals surface area (Å²) in [6, 6.07) is 20.8. The summed E-state index contributed by atoms with van der Waals surface area (Å²) in [7, 11) is 0. The van der Waals surface area contributed by atoms with Gasteiger partial charge >= 0.3 is 0 Å². The Morgan fingerprint density at radius 3 is 2.15 bits per heavy atom. The number of hydrogen-bond acceptors (Lipinski definition) is 0. The van der Waals surface area contributed by atoms with Gasteiger partial charge in [-0.15, -0.1) is 0 Å². The van der Waals surface area contributed by atoms with Crippen LogP contribution >= 0.6 is 0 Å². The number of rotatable bonds is 8. The van der Waals surface area contributed by atoms with Crippen LogP contribution in [-0.2, 0) is 18.4 Å². The first-order valence-electron chi connectivity index (χ1n) is 15.2. The molecule has 40 heavy (non-hydrogen) atoms. The van der Waals surface area contributed by atoms with E-state index >= 15 is 0 Å². The Kier molecular flexibility index (Phi) is 7.42. The standard InChI is InChI=1S/C38H47N2/c1-10-16-29-19-15-20-30-31-23-28(24-37(7,8)9)21-22-32(31)40-33(34-26(5)17-14-18-27(34)6)25-39(36(40)35(29)30)38(11-2,12-3)13-4/h11,14-15,17-23,25H,2,10,12-13,16,24H2,1,3-9H3/q+1. The summed E-state index contributed by atoms with van der Waals surface area (Å²) in [5.74, 6) is 0. The van der Waals surface area contributed by atoms with Gasteiger partial charge in [0.1, 0.15) is 17.3 Å². The van der Waals surface area contributed by atoms with E-state index in [1.54, 1.807) is 0 Å². The fourth-order valence-electron chi connectivity index (χ4n) is 6.93. The number of fused-ring (bicyclic) bond motifs is 6. The number of benzene rings is 3. The summed E-state index contributed by atoms with van der Waals surface area (Å²) < 4.78 is 5.15. The van der Waals surface area contributed by atoms with Crippen molar-refractivity contribution in [1.82, 2.24) is 4.40 Å². The van der Waals surface area contributed by atoms with E-state index in [-0.39, 0.29) is 11.0 Å². The fraction of sp³-hybridized carbons (Fsp3) is 0.395. The maximum atomic E-state index is 4.39. The van der Waals surface area contributed by atoms with Crippen LogP contribution in [0.1, 0.15) is 83.1 Å². The summed E-state index contributed by atoms with van der Waals surface area (Å²) in [6.45, 7) is 22.8. The molecule has 5 rings (SSSR count). The zero-order valence-corrected chi connectivity index (χ0v) is 26.0. The number of allylic oxidation sites excluding steroid dienone is 1. The molecule has 208 valence electrons. The number of hydrogen-bond donors (Lipinski definition) is 0. The number of aromatic nitrogens is 2. The minimum Gasteiger partial charge on any atom is -0.220 e. The van der Waals surface area contributed by atoms with Gasteiger partial charge in [-0.25, -0.2) is 4.57 Å². The van der Waals surface area contributed by atoms with Crippen molar-refractivity contribution in [3.8, 4) is 11.3 Å². The lowest BCUT2D eigenvalue weighted by atomic mass is 9.87. The molecule has 0 bridgehead atoms. The third kappa shape index (κ3) is 4.56. The van der Waals surface area contributed by atoms with E-state index in [9.17, 15) is 0 Å². The maximum Gasteiger partial charge on any atom is 0.296 e. The number of imidazole rings is 1. The molecule has 2 nitrogen and oxygen atoms in total. The monoisotopic (exact) mass is 531 g/mol. The van der Waals surface area contributed by atoms with Crippen LogP contribution in [-0.4, -0.2) is 4.40 Å². The first kappa shape index (κ1) is 28.1. The van der Waals surface area contributed by atoms with Crippen LogP contribution in [0.15, 0.2) is 73.4 Å². The van der Waals surface area contributed by atoms with Gasteiger partial charge < -0.3 is 0 Å². The Bertz CT molecular complexity index is 1700. The molecule has 0 saturated heterocycles. The fourth-order valence-corrected chi connectivity index (χ4v) is 6.93. The molecule has 0 spiro atoms. The third-order valence-corrected chi connectivity index (χ3v) is 8.97. The van der Waals surface area contributed by atoms with Crippen molar-refractivity contribution < 1.29 is 4.57 Å². The van der Waals surface area contributed by atoms with E-state index < -0.39 is 0 Å². The zero-order chi connectivity index (χ0) is 28.8. The Balaban J connectivity index is 2.09. The molecule has 0 saturated carbocycles. The molecule has 3 aromatic carbocycles. The van der Waals surface area contributed by atoms with Crippen molar-refractivity contribution in [1.29, 1.82) is 0 Å². The summed E-state index contributed by atoms with van der Waals surface area (Å²) in [6.07, 6.45) is 9.83. The molecule has 2 aromatic heterocycles. The van der Waals surface area contributed by atoms with Gasteiger partial charge in [0.25, 0.3) is 5.65 Å². The molecule has 0 aliphatic rings. The SMILES string of the molecule is C=CC(CC)(CC)[n+]1cc(-c2c(C)cccc2C)n2c3ccc(CC(C)(C)C)cc3c3cccc(CCC)c3c21. The van der Waals surface area contributed by atoms with Crippen molar-refractivity contribution in [3.05, 3.63) is 95.7 Å². The average molecular weight is 532 g/mol. The molecule has 0 radical (unpaired) electrons. The second kappa shape index (κ2) is 10.5. The van der Waals surface area contributed by atoms with Crippen LogP contribution in [0.5, 0.6) is 0 Å². The minimum absolute atomic E-state index is 0.174. The van der Waals surface area contributed by atoms with Gasteiger partial charge in [0.15, 0.2) is 5.69 Å². The van der Waals surface area contributed by atoms with Crippen LogP contribution in [0.4, 0.5) is 0 Å². The second-order valence-corrected chi connectivity index (χ2v) is 13.0. The molecule has 0 aliphatic carbocycles. The smallest absolute Gasteiger partial charge is 0.220 e. The van der Waals surface area contributed by atoms with E-state index in [0.717, 1.165) is 32.1 Å². The van der Waals surface area contributed by atoms with Crippen LogP contribution in [0.2, 0.25) is 0 Å². The van der Waals surface area contributed by atoms with Gasteiger partial charge in [-0.2, -0.15) is 4.40 Å². The first-order valence-corrected chi connectivity index (χ1v) is 15.2. The normalized spacial score (nSPS) is 12.6. The summed E-state index contributed by atoms with van der Waals surface area (Å²) in [5, 5.41) is 4.08. The molecule has 0 aliphatic heterocycles. The molecule has 0 unspecified atom stereocenters. The molecule has 2 heteroatoms. The highest BCUT2D eigenvalue weighted by Gasteiger charge is 2.37. The van der Waals surface area contributed by atoms with E-state index in [0.29, 0.717) is 0 Å².